The topological polar surface area (TPSA) is 66.5 Å². The molecule has 0 spiro atoms. The van der Waals surface area contributed by atoms with Crippen LogP contribution in [0.3, 0.4) is 0 Å². The Kier molecular flexibility index (Phi) is 7.59. The molecule has 2 aromatic rings. The van der Waals surface area contributed by atoms with Crippen molar-refractivity contribution in [3.05, 3.63) is 60.2 Å². The number of alkyl halides is 3. The van der Waals surface area contributed by atoms with E-state index < -0.39 is 33.7 Å². The molecule has 2 aromatic carbocycles. The molecular formula is C19H21F3N2O3S2. The van der Waals surface area contributed by atoms with Gasteiger partial charge in [-0.3, -0.25) is 9.10 Å². The largest absolute Gasteiger partial charge is 0.416 e. The Labute approximate surface area is 172 Å². The maximum Gasteiger partial charge on any atom is 0.416 e. The van der Waals surface area contributed by atoms with Gasteiger partial charge in [-0.05, 0) is 37.3 Å². The highest BCUT2D eigenvalue weighted by molar-refractivity contribution is 7.99. The minimum absolute atomic E-state index is 0.219. The molecule has 2 rings (SSSR count). The first kappa shape index (κ1) is 23.1. The molecule has 0 aromatic heterocycles. The summed E-state index contributed by atoms with van der Waals surface area (Å²) in [5.74, 6) is -0.0354. The van der Waals surface area contributed by atoms with Gasteiger partial charge in [0, 0.05) is 17.2 Å². The minimum Gasteiger partial charge on any atom is -0.353 e. The van der Waals surface area contributed by atoms with Crippen molar-refractivity contribution in [2.75, 3.05) is 22.9 Å². The number of carbonyl (C=O) groups is 1. The Balaban J connectivity index is 2.09. The molecule has 0 aliphatic rings. The zero-order valence-electron chi connectivity index (χ0n) is 15.8. The average molecular weight is 447 g/mol. The monoisotopic (exact) mass is 446 g/mol. The van der Waals surface area contributed by atoms with Crippen LogP contribution in [0.4, 0.5) is 18.9 Å². The first-order chi connectivity index (χ1) is 13.5. The molecule has 0 aliphatic carbocycles. The van der Waals surface area contributed by atoms with E-state index in [1.807, 2.05) is 30.3 Å². The SMILES string of the molecule is C[C@@H](C(=O)NCCSc1ccccc1)N(c1cccc(C(F)(F)F)c1)S(C)(=O)=O. The van der Waals surface area contributed by atoms with Gasteiger partial charge in [-0.15, -0.1) is 11.8 Å². The van der Waals surface area contributed by atoms with Crippen molar-refractivity contribution in [3.63, 3.8) is 0 Å². The number of amides is 1. The van der Waals surface area contributed by atoms with Crippen molar-refractivity contribution in [2.45, 2.75) is 24.0 Å². The van der Waals surface area contributed by atoms with E-state index in [9.17, 15) is 26.4 Å². The van der Waals surface area contributed by atoms with Crippen LogP contribution < -0.4 is 9.62 Å². The van der Waals surface area contributed by atoms with Crippen molar-refractivity contribution in [2.24, 2.45) is 0 Å². The molecule has 1 atom stereocenters. The fraction of sp³-hybridized carbons (Fsp3) is 0.316. The second kappa shape index (κ2) is 9.53. The van der Waals surface area contributed by atoms with Crippen LogP contribution in [0.25, 0.3) is 0 Å². The van der Waals surface area contributed by atoms with Crippen molar-refractivity contribution in [1.29, 1.82) is 0 Å². The van der Waals surface area contributed by atoms with Crippen LogP contribution in [0.1, 0.15) is 12.5 Å². The fourth-order valence-corrected chi connectivity index (χ4v) is 4.59. The van der Waals surface area contributed by atoms with Gasteiger partial charge in [0.15, 0.2) is 0 Å². The highest BCUT2D eigenvalue weighted by Gasteiger charge is 2.33. The number of thioether (sulfide) groups is 1. The quantitative estimate of drug-likeness (QED) is 0.495. The minimum atomic E-state index is -4.63. The van der Waals surface area contributed by atoms with Crippen LogP contribution in [0, 0.1) is 0 Å². The van der Waals surface area contributed by atoms with Gasteiger partial charge in [-0.1, -0.05) is 24.3 Å². The van der Waals surface area contributed by atoms with E-state index >= 15 is 0 Å². The maximum atomic E-state index is 13.0. The molecule has 0 saturated carbocycles. The second-order valence-corrected chi connectivity index (χ2v) is 9.26. The van der Waals surface area contributed by atoms with Gasteiger partial charge in [0.05, 0.1) is 17.5 Å². The summed E-state index contributed by atoms with van der Waals surface area (Å²) in [6.45, 7) is 1.61. The summed E-state index contributed by atoms with van der Waals surface area (Å²) in [5, 5.41) is 2.63. The summed E-state index contributed by atoms with van der Waals surface area (Å²) >= 11 is 1.52. The Hall–Kier alpha value is -2.20. The molecule has 0 fully saturated rings. The zero-order valence-corrected chi connectivity index (χ0v) is 17.4. The molecule has 0 radical (unpaired) electrons. The molecule has 29 heavy (non-hydrogen) atoms. The van der Waals surface area contributed by atoms with E-state index in [1.54, 1.807) is 0 Å². The average Bonchev–Trinajstić information content (AvgIpc) is 2.64. The maximum absolute atomic E-state index is 13.0. The lowest BCUT2D eigenvalue weighted by molar-refractivity contribution is -0.137. The summed E-state index contributed by atoms with van der Waals surface area (Å²) in [4.78, 5) is 13.5. The van der Waals surface area contributed by atoms with Crippen LogP contribution in [0.2, 0.25) is 0 Å². The Morgan fingerprint density at radius 1 is 1.14 bits per heavy atom. The summed E-state index contributed by atoms with van der Waals surface area (Å²) < 4.78 is 64.1. The molecule has 5 nitrogen and oxygen atoms in total. The number of halogens is 3. The molecule has 1 amide bonds. The smallest absolute Gasteiger partial charge is 0.353 e. The van der Waals surface area contributed by atoms with Crippen molar-refractivity contribution in [1.82, 2.24) is 5.32 Å². The van der Waals surface area contributed by atoms with Crippen LogP contribution >= 0.6 is 11.8 Å². The van der Waals surface area contributed by atoms with E-state index in [1.165, 1.54) is 24.8 Å². The number of rotatable bonds is 8. The first-order valence-electron chi connectivity index (χ1n) is 8.62. The highest BCUT2D eigenvalue weighted by Crippen LogP contribution is 2.32. The lowest BCUT2D eigenvalue weighted by Crippen LogP contribution is -2.48. The van der Waals surface area contributed by atoms with Crippen molar-refractivity contribution >= 4 is 33.4 Å². The van der Waals surface area contributed by atoms with Gasteiger partial charge in [0.25, 0.3) is 0 Å². The number of hydrogen-bond acceptors (Lipinski definition) is 4. The van der Waals surface area contributed by atoms with Crippen LogP contribution in [-0.2, 0) is 21.0 Å². The number of sulfonamides is 1. The highest BCUT2D eigenvalue weighted by atomic mass is 32.2. The number of nitrogens with one attached hydrogen (secondary N) is 1. The number of hydrogen-bond donors (Lipinski definition) is 1. The van der Waals surface area contributed by atoms with Crippen molar-refractivity contribution in [3.8, 4) is 0 Å². The van der Waals surface area contributed by atoms with Gasteiger partial charge in [0.2, 0.25) is 15.9 Å². The molecule has 10 heteroatoms. The molecule has 1 N–H and O–H groups in total. The number of anilines is 1. The summed E-state index contributed by atoms with van der Waals surface area (Å²) in [7, 11) is -4.00. The molecule has 0 aliphatic heterocycles. The normalized spacial score (nSPS) is 13.0. The lowest BCUT2D eigenvalue weighted by Gasteiger charge is -2.28. The Morgan fingerprint density at radius 2 is 1.79 bits per heavy atom. The summed E-state index contributed by atoms with van der Waals surface area (Å²) in [6.07, 6.45) is -3.78. The van der Waals surface area contributed by atoms with E-state index in [0.29, 0.717) is 10.1 Å². The number of carbonyl (C=O) groups excluding carboxylic acids is 1. The number of nitrogens with zero attached hydrogens (tertiary/aromatic N) is 1. The van der Waals surface area contributed by atoms with E-state index in [-0.39, 0.29) is 12.2 Å². The third kappa shape index (κ3) is 6.67. The van der Waals surface area contributed by atoms with Crippen molar-refractivity contribution < 1.29 is 26.4 Å². The standard InChI is InChI=1S/C19H21F3N2O3S2/c1-14(18(25)23-11-12-28-17-9-4-3-5-10-17)24(29(2,26)27)16-8-6-7-15(13-16)19(20,21)22/h3-10,13-14H,11-12H2,1-2H3,(H,23,25)/t14-/m0/s1. The molecule has 0 unspecified atom stereocenters. The van der Waals surface area contributed by atoms with Gasteiger partial charge >= 0.3 is 6.18 Å². The van der Waals surface area contributed by atoms with E-state index in [4.69, 9.17) is 0 Å². The Bertz CT molecular complexity index is 935. The van der Waals surface area contributed by atoms with Gasteiger partial charge < -0.3 is 5.32 Å². The molecule has 0 bridgehead atoms. The summed E-state index contributed by atoms with van der Waals surface area (Å²) in [5.41, 5.74) is -1.21. The molecule has 0 heterocycles. The third-order valence-electron chi connectivity index (χ3n) is 3.93. The molecular weight excluding hydrogens is 425 g/mol. The predicted octanol–water partition coefficient (Wildman–Crippen LogP) is 3.77. The van der Waals surface area contributed by atoms with E-state index in [2.05, 4.69) is 5.32 Å². The number of benzene rings is 2. The zero-order chi connectivity index (χ0) is 21.7. The summed E-state index contributed by atoms with van der Waals surface area (Å²) in [6, 6.07) is 12.2. The van der Waals surface area contributed by atoms with Gasteiger partial charge in [-0.25, -0.2) is 8.42 Å². The third-order valence-corrected chi connectivity index (χ3v) is 6.19. The van der Waals surface area contributed by atoms with E-state index in [0.717, 1.165) is 29.4 Å². The Morgan fingerprint density at radius 3 is 2.38 bits per heavy atom. The predicted molar refractivity (Wildman–Crippen MR) is 108 cm³/mol. The lowest BCUT2D eigenvalue weighted by atomic mass is 10.2. The van der Waals surface area contributed by atoms with Crippen LogP contribution in [-0.4, -0.2) is 38.9 Å². The first-order valence-corrected chi connectivity index (χ1v) is 11.5. The van der Waals surface area contributed by atoms with Gasteiger partial charge in [0.1, 0.15) is 6.04 Å². The van der Waals surface area contributed by atoms with Gasteiger partial charge in [-0.2, -0.15) is 13.2 Å². The fourth-order valence-electron chi connectivity index (χ4n) is 2.64. The van der Waals surface area contributed by atoms with Crippen LogP contribution in [0.5, 0.6) is 0 Å². The molecule has 158 valence electrons. The molecule has 0 saturated heterocycles. The second-order valence-electron chi connectivity index (χ2n) is 6.24. The van der Waals surface area contributed by atoms with Crippen LogP contribution in [0.15, 0.2) is 59.5 Å².